The smallest absolute Gasteiger partial charge is 0.330 e. The van der Waals surface area contributed by atoms with Crippen molar-refractivity contribution in [2.75, 3.05) is 0 Å². The topological polar surface area (TPSA) is 52.7 Å². The van der Waals surface area contributed by atoms with Crippen LogP contribution in [0.1, 0.15) is 37.0 Å². The molecule has 0 bridgehead atoms. The summed E-state index contributed by atoms with van der Waals surface area (Å²) in [6.45, 7) is 8.39. The maximum atomic E-state index is 12.0. The van der Waals surface area contributed by atoms with Crippen LogP contribution in [-0.4, -0.2) is 19.1 Å². The third-order valence-electron chi connectivity index (χ3n) is 3.16. The van der Waals surface area contributed by atoms with Gasteiger partial charge in [-0.2, -0.15) is 4.98 Å². The fourth-order valence-corrected chi connectivity index (χ4v) is 2.35. The van der Waals surface area contributed by atoms with E-state index in [-0.39, 0.29) is 5.69 Å². The molecule has 0 atom stereocenters. The Bertz CT molecular complexity index is 657. The zero-order valence-electron chi connectivity index (χ0n) is 11.5. The molecule has 0 unspecified atom stereocenters. The van der Waals surface area contributed by atoms with E-state index in [2.05, 4.69) is 44.3 Å². The molecule has 0 spiro atoms. The minimum atomic E-state index is -0.227. The Morgan fingerprint density at radius 3 is 2.68 bits per heavy atom. The number of imidazole rings is 1. The average molecular weight is 325 g/mol. The summed E-state index contributed by atoms with van der Waals surface area (Å²) < 4.78 is 4.59. The van der Waals surface area contributed by atoms with Crippen molar-refractivity contribution in [1.29, 1.82) is 0 Å². The van der Waals surface area contributed by atoms with Crippen LogP contribution in [-0.2, 0) is 6.54 Å². The van der Waals surface area contributed by atoms with Crippen molar-refractivity contribution in [2.24, 2.45) is 0 Å². The first kappa shape index (κ1) is 14.0. The molecule has 2 aromatic heterocycles. The van der Waals surface area contributed by atoms with Crippen LogP contribution in [0, 0.1) is 13.8 Å². The largest absolute Gasteiger partial charge is 0.348 e. The third kappa shape index (κ3) is 2.63. The lowest BCUT2D eigenvalue weighted by molar-refractivity contribution is 0.550. The van der Waals surface area contributed by atoms with Gasteiger partial charge in [0, 0.05) is 17.9 Å². The molecule has 0 radical (unpaired) electrons. The molecule has 19 heavy (non-hydrogen) atoms. The van der Waals surface area contributed by atoms with Crippen molar-refractivity contribution in [1.82, 2.24) is 19.1 Å². The number of aryl methyl sites for hydroxylation is 1. The third-order valence-corrected chi connectivity index (χ3v) is 4.30. The molecule has 0 aliphatic heterocycles. The number of hydrogen-bond acceptors (Lipinski definition) is 3. The summed E-state index contributed by atoms with van der Waals surface area (Å²) in [6, 6.07) is 0.315. The summed E-state index contributed by atoms with van der Waals surface area (Å²) in [7, 11) is 0. The van der Waals surface area contributed by atoms with E-state index < -0.39 is 0 Å². The predicted molar refractivity (Wildman–Crippen MR) is 77.4 cm³/mol. The van der Waals surface area contributed by atoms with Crippen molar-refractivity contribution < 1.29 is 0 Å². The number of nitrogens with zero attached hydrogens (tertiary/aromatic N) is 4. The van der Waals surface area contributed by atoms with E-state index in [1.165, 1.54) is 0 Å². The van der Waals surface area contributed by atoms with Crippen LogP contribution < -0.4 is 5.69 Å². The maximum absolute atomic E-state index is 12.0. The summed E-state index contributed by atoms with van der Waals surface area (Å²) in [5.74, 6) is 0. The quantitative estimate of drug-likeness (QED) is 0.871. The molecule has 0 saturated carbocycles. The van der Waals surface area contributed by atoms with Crippen LogP contribution in [0.4, 0.5) is 0 Å². The molecule has 2 aromatic rings. The van der Waals surface area contributed by atoms with Crippen molar-refractivity contribution in [3.05, 3.63) is 44.6 Å². The lowest BCUT2D eigenvalue weighted by Gasteiger charge is -2.15. The molecule has 0 amide bonds. The lowest BCUT2D eigenvalue weighted by atomic mass is 10.3. The van der Waals surface area contributed by atoms with Gasteiger partial charge < -0.3 is 4.57 Å². The first-order chi connectivity index (χ1) is 8.91. The van der Waals surface area contributed by atoms with Gasteiger partial charge in [-0.1, -0.05) is 0 Å². The van der Waals surface area contributed by atoms with Crippen LogP contribution >= 0.6 is 15.9 Å². The van der Waals surface area contributed by atoms with Gasteiger partial charge in [0.05, 0.1) is 28.7 Å². The molecule has 0 aromatic carbocycles. The zero-order chi connectivity index (χ0) is 14.2. The van der Waals surface area contributed by atoms with Gasteiger partial charge in [-0.05, 0) is 43.6 Å². The Balaban J connectivity index is 2.47. The Morgan fingerprint density at radius 1 is 1.37 bits per heavy atom. The van der Waals surface area contributed by atoms with Crippen LogP contribution in [0.3, 0.4) is 0 Å². The summed E-state index contributed by atoms with van der Waals surface area (Å²) in [5.41, 5.74) is 2.37. The Labute approximate surface area is 120 Å². The Morgan fingerprint density at radius 2 is 2.05 bits per heavy atom. The van der Waals surface area contributed by atoms with E-state index in [1.807, 2.05) is 13.8 Å². The lowest BCUT2D eigenvalue weighted by Crippen LogP contribution is -2.27. The van der Waals surface area contributed by atoms with E-state index in [0.717, 1.165) is 21.6 Å². The summed E-state index contributed by atoms with van der Waals surface area (Å²) in [6.07, 6.45) is 3.58. The molecular formula is C13H17BrN4O. The summed E-state index contributed by atoms with van der Waals surface area (Å²) >= 11 is 3.47. The highest BCUT2D eigenvalue weighted by Gasteiger charge is 2.12. The summed E-state index contributed by atoms with van der Waals surface area (Å²) in [5, 5.41) is 0. The van der Waals surface area contributed by atoms with Gasteiger partial charge >= 0.3 is 5.69 Å². The first-order valence-corrected chi connectivity index (χ1v) is 6.95. The van der Waals surface area contributed by atoms with E-state index in [0.29, 0.717) is 12.6 Å². The molecule has 5 nitrogen and oxygen atoms in total. The second kappa shape index (κ2) is 5.28. The van der Waals surface area contributed by atoms with E-state index in [1.54, 1.807) is 17.1 Å². The number of hydrogen-bond donors (Lipinski definition) is 0. The number of halogens is 1. The first-order valence-electron chi connectivity index (χ1n) is 6.16. The molecular weight excluding hydrogens is 308 g/mol. The van der Waals surface area contributed by atoms with Crippen molar-refractivity contribution in [2.45, 2.75) is 40.3 Å². The molecule has 0 aliphatic carbocycles. The van der Waals surface area contributed by atoms with Crippen molar-refractivity contribution in [3.63, 3.8) is 0 Å². The predicted octanol–water partition coefficient (Wildman–Crippen LogP) is 2.45. The van der Waals surface area contributed by atoms with Gasteiger partial charge in [-0.3, -0.25) is 4.57 Å². The maximum Gasteiger partial charge on any atom is 0.348 e. The second-order valence-electron chi connectivity index (χ2n) is 4.85. The fourth-order valence-electron chi connectivity index (χ4n) is 2.04. The molecule has 0 saturated heterocycles. The van der Waals surface area contributed by atoms with Gasteiger partial charge in [-0.25, -0.2) is 9.78 Å². The molecule has 102 valence electrons. The molecule has 6 heteroatoms. The molecule has 0 aliphatic rings. The fraction of sp³-hybridized carbons (Fsp3) is 0.462. The molecule has 0 fully saturated rings. The van der Waals surface area contributed by atoms with Crippen molar-refractivity contribution >= 4 is 15.9 Å². The van der Waals surface area contributed by atoms with Gasteiger partial charge in [0.25, 0.3) is 0 Å². The zero-order valence-corrected chi connectivity index (χ0v) is 13.1. The highest BCUT2D eigenvalue weighted by Crippen LogP contribution is 2.18. The highest BCUT2D eigenvalue weighted by molar-refractivity contribution is 9.10. The standard InChI is InChI=1S/C13H17BrN4O/c1-8(2)18-7-15-5-11(18)6-17-10(4)12(14)9(3)16-13(17)19/h5,7-8H,6H2,1-4H3. The molecule has 0 N–H and O–H groups in total. The van der Waals surface area contributed by atoms with Gasteiger partial charge in [0.1, 0.15) is 0 Å². The van der Waals surface area contributed by atoms with E-state index in [9.17, 15) is 4.79 Å². The number of rotatable bonds is 3. The minimum absolute atomic E-state index is 0.227. The van der Waals surface area contributed by atoms with E-state index in [4.69, 9.17) is 0 Å². The van der Waals surface area contributed by atoms with Crippen LogP contribution in [0.5, 0.6) is 0 Å². The van der Waals surface area contributed by atoms with Crippen molar-refractivity contribution in [3.8, 4) is 0 Å². The number of aromatic nitrogens is 4. The summed E-state index contributed by atoms with van der Waals surface area (Å²) in [4.78, 5) is 20.2. The van der Waals surface area contributed by atoms with Gasteiger partial charge in [0.2, 0.25) is 0 Å². The molecule has 2 rings (SSSR count). The van der Waals surface area contributed by atoms with Crippen LogP contribution in [0.25, 0.3) is 0 Å². The average Bonchev–Trinajstić information content (AvgIpc) is 2.80. The Hall–Kier alpha value is -1.43. The van der Waals surface area contributed by atoms with E-state index >= 15 is 0 Å². The monoisotopic (exact) mass is 324 g/mol. The minimum Gasteiger partial charge on any atom is -0.330 e. The van der Waals surface area contributed by atoms with Crippen LogP contribution in [0.2, 0.25) is 0 Å². The van der Waals surface area contributed by atoms with Crippen LogP contribution in [0.15, 0.2) is 21.8 Å². The Kier molecular flexibility index (Phi) is 3.89. The second-order valence-corrected chi connectivity index (χ2v) is 5.64. The van der Waals surface area contributed by atoms with Gasteiger partial charge in [-0.15, -0.1) is 0 Å². The SMILES string of the molecule is Cc1nc(=O)n(Cc2cncn2C(C)C)c(C)c1Br. The highest BCUT2D eigenvalue weighted by atomic mass is 79.9. The normalized spacial score (nSPS) is 11.3. The molecule has 2 heterocycles. The van der Waals surface area contributed by atoms with Gasteiger partial charge in [0.15, 0.2) is 0 Å².